The van der Waals surface area contributed by atoms with Gasteiger partial charge >= 0.3 is 5.97 Å². The van der Waals surface area contributed by atoms with Gasteiger partial charge in [-0.2, -0.15) is 0 Å². The van der Waals surface area contributed by atoms with E-state index >= 15 is 0 Å². The molecule has 4 heteroatoms. The Morgan fingerprint density at radius 1 is 1.56 bits per heavy atom. The molecule has 9 heavy (non-hydrogen) atoms. The Balaban J connectivity index is 0. The molecule has 0 aliphatic heterocycles. The zero-order valence-electron chi connectivity index (χ0n) is 6.38. The van der Waals surface area contributed by atoms with Crippen molar-refractivity contribution >= 4 is 24.8 Å². The molecule has 1 N–H and O–H groups in total. The van der Waals surface area contributed by atoms with E-state index in [1.807, 2.05) is 0 Å². The van der Waals surface area contributed by atoms with Gasteiger partial charge in [-0.3, -0.25) is 9.69 Å². The van der Waals surface area contributed by atoms with Crippen molar-refractivity contribution < 1.29 is 9.90 Å². The van der Waals surface area contributed by atoms with Gasteiger partial charge in [-0.1, -0.05) is 0 Å². The van der Waals surface area contributed by atoms with Gasteiger partial charge in [0.25, 0.3) is 0 Å². The predicted octanol–water partition coefficient (Wildman–Crippen LogP) is -0.360. The molecule has 1 radical (unpaired) electrons. The first kappa shape index (κ1) is 11.8. The SMILES string of the molecule is CC(C(=O)O)N(C)C.[Li]. The first-order valence-corrected chi connectivity index (χ1v) is 2.45. The molecule has 3 nitrogen and oxygen atoms in total. The first-order chi connectivity index (χ1) is 3.55. The van der Waals surface area contributed by atoms with Gasteiger partial charge in [-0.25, -0.2) is 0 Å². The average Bonchev–Trinajstić information content (AvgIpc) is 1.64. The molecule has 1 unspecified atom stereocenters. The Labute approximate surface area is 67.2 Å². The van der Waals surface area contributed by atoms with Crippen LogP contribution in [0.5, 0.6) is 0 Å². The zero-order chi connectivity index (χ0) is 6.73. The van der Waals surface area contributed by atoms with Gasteiger partial charge in [-0.05, 0) is 21.0 Å². The number of carboxylic acids is 1. The second-order valence-electron chi connectivity index (χ2n) is 1.98. The van der Waals surface area contributed by atoms with Crippen molar-refractivity contribution in [1.29, 1.82) is 0 Å². The van der Waals surface area contributed by atoms with Crippen molar-refractivity contribution in [1.82, 2.24) is 4.90 Å². The van der Waals surface area contributed by atoms with Gasteiger partial charge in [-0.15, -0.1) is 0 Å². The third-order valence-electron chi connectivity index (χ3n) is 1.13. The van der Waals surface area contributed by atoms with Crippen molar-refractivity contribution in [3.8, 4) is 0 Å². The minimum absolute atomic E-state index is 0. The normalized spacial score (nSPS) is 12.4. The van der Waals surface area contributed by atoms with Gasteiger partial charge in [0.1, 0.15) is 6.04 Å². The summed E-state index contributed by atoms with van der Waals surface area (Å²) in [7, 11) is 3.47. The standard InChI is InChI=1S/C5H11NO2.Li/c1-4(5(7)8)6(2)3;/h4H,1-3H3,(H,7,8);. The minimum Gasteiger partial charge on any atom is -0.480 e. The van der Waals surface area contributed by atoms with Gasteiger partial charge in [0.2, 0.25) is 0 Å². The van der Waals surface area contributed by atoms with Crippen LogP contribution in [-0.4, -0.2) is 55.0 Å². The van der Waals surface area contributed by atoms with Crippen molar-refractivity contribution in [2.45, 2.75) is 13.0 Å². The first-order valence-electron chi connectivity index (χ1n) is 2.45. The summed E-state index contributed by atoms with van der Waals surface area (Å²) in [5, 5.41) is 8.31. The summed E-state index contributed by atoms with van der Waals surface area (Å²) in [5.41, 5.74) is 0. The fraction of sp³-hybridized carbons (Fsp3) is 0.800. The Morgan fingerprint density at radius 3 is 1.89 bits per heavy atom. The molecule has 1 atom stereocenters. The maximum atomic E-state index is 10.1. The summed E-state index contributed by atoms with van der Waals surface area (Å²) < 4.78 is 0. The van der Waals surface area contributed by atoms with E-state index in [0.29, 0.717) is 0 Å². The molecular weight excluding hydrogens is 113 g/mol. The molecule has 0 aromatic carbocycles. The summed E-state index contributed by atoms with van der Waals surface area (Å²) in [6.07, 6.45) is 0. The van der Waals surface area contributed by atoms with Crippen LogP contribution in [-0.2, 0) is 4.79 Å². The van der Waals surface area contributed by atoms with E-state index in [1.54, 1.807) is 25.9 Å². The molecule has 0 aliphatic rings. The summed E-state index contributed by atoms with van der Waals surface area (Å²) in [6.45, 7) is 1.64. The molecule has 0 saturated carbocycles. The Kier molecular flexibility index (Phi) is 6.37. The molecule has 0 bridgehead atoms. The number of nitrogens with zero attached hydrogens (tertiary/aromatic N) is 1. The maximum absolute atomic E-state index is 10.1. The molecule has 0 aliphatic carbocycles. The quantitative estimate of drug-likeness (QED) is 0.511. The van der Waals surface area contributed by atoms with Gasteiger partial charge in [0.05, 0.1) is 0 Å². The molecule has 0 spiro atoms. The second-order valence-corrected chi connectivity index (χ2v) is 1.98. The number of aliphatic carboxylic acids is 1. The maximum Gasteiger partial charge on any atom is 0.320 e. The molecule has 0 saturated heterocycles. The molecule has 0 fully saturated rings. The fourth-order valence-electron chi connectivity index (χ4n) is 0.221. The van der Waals surface area contributed by atoms with Crippen molar-refractivity contribution in [2.75, 3.05) is 14.1 Å². The van der Waals surface area contributed by atoms with E-state index in [0.717, 1.165) is 0 Å². The summed E-state index contributed by atoms with van der Waals surface area (Å²) in [5.74, 6) is -0.782. The number of carbonyl (C=O) groups is 1. The molecule has 0 heterocycles. The number of hydrogen-bond donors (Lipinski definition) is 1. The number of rotatable bonds is 2. The number of carboxylic acid groups (broad SMARTS) is 1. The molecule has 0 rings (SSSR count). The van der Waals surface area contributed by atoms with E-state index in [2.05, 4.69) is 0 Å². The molecule has 0 aromatic rings. The van der Waals surface area contributed by atoms with Crippen LogP contribution in [0.4, 0.5) is 0 Å². The van der Waals surface area contributed by atoms with Crippen molar-refractivity contribution in [3.05, 3.63) is 0 Å². The smallest absolute Gasteiger partial charge is 0.320 e. The third kappa shape index (κ3) is 4.53. The third-order valence-corrected chi connectivity index (χ3v) is 1.13. The number of hydrogen-bond acceptors (Lipinski definition) is 2. The van der Waals surface area contributed by atoms with Crippen LogP contribution >= 0.6 is 0 Å². The van der Waals surface area contributed by atoms with Crippen LogP contribution in [0.3, 0.4) is 0 Å². The van der Waals surface area contributed by atoms with Crippen LogP contribution < -0.4 is 0 Å². The molecule has 0 aromatic heterocycles. The van der Waals surface area contributed by atoms with E-state index in [1.165, 1.54) is 0 Å². The summed E-state index contributed by atoms with van der Waals surface area (Å²) in [6, 6.07) is -0.380. The van der Waals surface area contributed by atoms with Gasteiger partial charge < -0.3 is 5.11 Å². The van der Waals surface area contributed by atoms with Crippen LogP contribution in [0, 0.1) is 0 Å². The fourth-order valence-corrected chi connectivity index (χ4v) is 0.221. The van der Waals surface area contributed by atoms with E-state index < -0.39 is 5.97 Å². The van der Waals surface area contributed by atoms with Crippen LogP contribution in [0.25, 0.3) is 0 Å². The largest absolute Gasteiger partial charge is 0.480 e. The molecular formula is C5H11LiNO2. The Bertz CT molecular complexity index is 95.0. The Morgan fingerprint density at radius 2 is 1.89 bits per heavy atom. The number of likely N-dealkylation sites (N-methyl/N-ethyl adjacent to an activating group) is 1. The van der Waals surface area contributed by atoms with Crippen LogP contribution in [0.2, 0.25) is 0 Å². The topological polar surface area (TPSA) is 40.5 Å². The monoisotopic (exact) mass is 124 g/mol. The average molecular weight is 124 g/mol. The molecule has 49 valence electrons. The van der Waals surface area contributed by atoms with Crippen LogP contribution in [0.1, 0.15) is 6.92 Å². The van der Waals surface area contributed by atoms with Gasteiger partial charge in [0.15, 0.2) is 0 Å². The van der Waals surface area contributed by atoms with E-state index in [-0.39, 0.29) is 24.9 Å². The summed E-state index contributed by atoms with van der Waals surface area (Å²) in [4.78, 5) is 11.7. The van der Waals surface area contributed by atoms with Crippen molar-refractivity contribution in [3.63, 3.8) is 0 Å². The zero-order valence-corrected chi connectivity index (χ0v) is 6.38. The summed E-state index contributed by atoms with van der Waals surface area (Å²) >= 11 is 0. The van der Waals surface area contributed by atoms with Gasteiger partial charge in [0, 0.05) is 18.9 Å². The van der Waals surface area contributed by atoms with E-state index in [9.17, 15) is 4.79 Å². The van der Waals surface area contributed by atoms with Crippen molar-refractivity contribution in [2.24, 2.45) is 0 Å². The molecule has 0 amide bonds. The Hall–Kier alpha value is 0.0274. The second kappa shape index (κ2) is 4.86. The van der Waals surface area contributed by atoms with Crippen LogP contribution in [0.15, 0.2) is 0 Å². The van der Waals surface area contributed by atoms with E-state index in [4.69, 9.17) is 5.11 Å². The predicted molar refractivity (Wildman–Crippen MR) is 36.5 cm³/mol. The minimum atomic E-state index is -0.782.